The molecule has 2 aromatic carbocycles. The van der Waals surface area contributed by atoms with Crippen LogP contribution in [-0.4, -0.2) is 23.7 Å². The van der Waals surface area contributed by atoms with E-state index in [0.717, 1.165) is 24.1 Å². The Balaban J connectivity index is 2.00. The van der Waals surface area contributed by atoms with E-state index in [2.05, 4.69) is 17.6 Å². The third-order valence-electron chi connectivity index (χ3n) is 3.87. The zero-order valence-electron chi connectivity index (χ0n) is 13.8. The molecule has 2 rings (SSSR count). The lowest BCUT2D eigenvalue weighted by molar-refractivity contribution is 0.102. The molecule has 0 aliphatic carbocycles. The Hall–Kier alpha value is -1.88. The van der Waals surface area contributed by atoms with Crippen molar-refractivity contribution in [2.45, 2.75) is 32.4 Å². The third kappa shape index (κ3) is 5.34. The highest BCUT2D eigenvalue weighted by Crippen LogP contribution is 2.18. The maximum Gasteiger partial charge on any atom is 0.257 e. The van der Waals surface area contributed by atoms with Crippen molar-refractivity contribution in [3.05, 3.63) is 64.7 Å². The van der Waals surface area contributed by atoms with Gasteiger partial charge in [-0.2, -0.15) is 0 Å². The zero-order chi connectivity index (χ0) is 17.4. The minimum absolute atomic E-state index is 0.180. The summed E-state index contributed by atoms with van der Waals surface area (Å²) >= 11 is 6.06. The van der Waals surface area contributed by atoms with E-state index in [-0.39, 0.29) is 18.6 Å². The van der Waals surface area contributed by atoms with Gasteiger partial charge in [-0.15, -0.1) is 0 Å². The number of benzene rings is 2. The summed E-state index contributed by atoms with van der Waals surface area (Å²) in [6, 6.07) is 15.0. The van der Waals surface area contributed by atoms with Gasteiger partial charge in [0, 0.05) is 24.9 Å². The van der Waals surface area contributed by atoms with Crippen molar-refractivity contribution in [1.82, 2.24) is 5.32 Å². The van der Waals surface area contributed by atoms with Gasteiger partial charge in [0.2, 0.25) is 0 Å². The molecular formula is C19H23ClN2O2. The molecule has 3 N–H and O–H groups in total. The maximum absolute atomic E-state index is 12.3. The highest BCUT2D eigenvalue weighted by molar-refractivity contribution is 6.34. The SMILES string of the molecule is CCC(CCO)NCc1cccc(NC(=O)c2ccccc2Cl)c1. The largest absolute Gasteiger partial charge is 0.396 e. The number of carbonyl (C=O) groups excluding carboxylic acids is 1. The Morgan fingerprint density at radius 1 is 1.21 bits per heavy atom. The first-order valence-corrected chi connectivity index (χ1v) is 8.51. The van der Waals surface area contributed by atoms with E-state index in [1.165, 1.54) is 0 Å². The van der Waals surface area contributed by atoms with E-state index in [1.807, 2.05) is 24.3 Å². The predicted octanol–water partition coefficient (Wildman–Crippen LogP) is 3.84. The first-order chi connectivity index (χ1) is 11.6. The number of amides is 1. The number of hydrogen-bond acceptors (Lipinski definition) is 3. The van der Waals surface area contributed by atoms with Crippen LogP contribution in [0.5, 0.6) is 0 Å². The molecule has 4 nitrogen and oxygen atoms in total. The fraction of sp³-hybridized carbons (Fsp3) is 0.316. The van der Waals surface area contributed by atoms with Crippen LogP contribution in [0.1, 0.15) is 35.7 Å². The van der Waals surface area contributed by atoms with Crippen molar-refractivity contribution in [2.24, 2.45) is 0 Å². The van der Waals surface area contributed by atoms with Crippen LogP contribution in [-0.2, 0) is 6.54 Å². The topological polar surface area (TPSA) is 61.4 Å². The van der Waals surface area contributed by atoms with Crippen LogP contribution in [0, 0.1) is 0 Å². The number of nitrogens with one attached hydrogen (secondary N) is 2. The lowest BCUT2D eigenvalue weighted by Crippen LogP contribution is -2.28. The van der Waals surface area contributed by atoms with Crippen LogP contribution in [0.25, 0.3) is 0 Å². The summed E-state index contributed by atoms with van der Waals surface area (Å²) in [4.78, 5) is 12.3. The highest BCUT2D eigenvalue weighted by Gasteiger charge is 2.10. The molecule has 24 heavy (non-hydrogen) atoms. The number of aliphatic hydroxyl groups is 1. The van der Waals surface area contributed by atoms with Crippen LogP contribution in [0.4, 0.5) is 5.69 Å². The number of aliphatic hydroxyl groups excluding tert-OH is 1. The second kappa shape index (κ2) is 9.42. The van der Waals surface area contributed by atoms with Crippen molar-refractivity contribution in [3.63, 3.8) is 0 Å². The molecule has 0 heterocycles. The van der Waals surface area contributed by atoms with Gasteiger partial charge in [-0.1, -0.05) is 42.8 Å². The Morgan fingerprint density at radius 3 is 2.71 bits per heavy atom. The van der Waals surface area contributed by atoms with Crippen LogP contribution >= 0.6 is 11.6 Å². The van der Waals surface area contributed by atoms with Gasteiger partial charge in [0.25, 0.3) is 5.91 Å². The maximum atomic E-state index is 12.3. The fourth-order valence-corrected chi connectivity index (χ4v) is 2.69. The minimum atomic E-state index is -0.225. The van der Waals surface area contributed by atoms with Crippen molar-refractivity contribution in [1.29, 1.82) is 0 Å². The Labute approximate surface area is 147 Å². The summed E-state index contributed by atoms with van der Waals surface area (Å²) in [6.45, 7) is 2.96. The van der Waals surface area contributed by atoms with E-state index in [0.29, 0.717) is 17.1 Å². The van der Waals surface area contributed by atoms with E-state index in [1.54, 1.807) is 24.3 Å². The van der Waals surface area contributed by atoms with Gasteiger partial charge in [0.15, 0.2) is 0 Å². The lowest BCUT2D eigenvalue weighted by Gasteiger charge is -2.16. The average Bonchev–Trinajstić information content (AvgIpc) is 2.59. The fourth-order valence-electron chi connectivity index (χ4n) is 2.47. The summed E-state index contributed by atoms with van der Waals surface area (Å²) < 4.78 is 0. The van der Waals surface area contributed by atoms with Gasteiger partial charge >= 0.3 is 0 Å². The van der Waals surface area contributed by atoms with Crippen molar-refractivity contribution < 1.29 is 9.90 Å². The van der Waals surface area contributed by atoms with E-state index in [9.17, 15) is 4.79 Å². The Bertz CT molecular complexity index is 676. The molecule has 0 aromatic heterocycles. The number of carbonyl (C=O) groups is 1. The molecule has 2 aromatic rings. The van der Waals surface area contributed by atoms with Crippen LogP contribution in [0.3, 0.4) is 0 Å². The first kappa shape index (κ1) is 18.5. The molecule has 0 spiro atoms. The monoisotopic (exact) mass is 346 g/mol. The number of anilines is 1. The van der Waals surface area contributed by atoms with Crippen molar-refractivity contribution in [3.8, 4) is 0 Å². The van der Waals surface area contributed by atoms with Gasteiger partial charge in [-0.05, 0) is 42.7 Å². The minimum Gasteiger partial charge on any atom is -0.396 e. The van der Waals surface area contributed by atoms with Crippen LogP contribution in [0.15, 0.2) is 48.5 Å². The molecule has 0 aliphatic rings. The first-order valence-electron chi connectivity index (χ1n) is 8.13. The second-order valence-electron chi connectivity index (χ2n) is 5.63. The summed E-state index contributed by atoms with van der Waals surface area (Å²) in [6.07, 6.45) is 1.70. The number of halogens is 1. The van der Waals surface area contributed by atoms with Crippen molar-refractivity contribution in [2.75, 3.05) is 11.9 Å². The summed E-state index contributed by atoms with van der Waals surface area (Å²) in [7, 11) is 0. The highest BCUT2D eigenvalue weighted by atomic mass is 35.5. The summed E-state index contributed by atoms with van der Waals surface area (Å²) in [5, 5.41) is 15.8. The van der Waals surface area contributed by atoms with Gasteiger partial charge < -0.3 is 15.7 Å². The van der Waals surface area contributed by atoms with E-state index in [4.69, 9.17) is 16.7 Å². The summed E-state index contributed by atoms with van der Waals surface area (Å²) in [5.41, 5.74) is 2.26. The standard InChI is InChI=1S/C19H23ClN2O2/c1-2-15(10-11-23)21-13-14-6-5-7-16(12-14)22-19(24)17-8-3-4-9-18(17)20/h3-9,12,15,21,23H,2,10-11,13H2,1H3,(H,22,24). The molecule has 0 aliphatic heterocycles. The quantitative estimate of drug-likeness (QED) is 0.680. The van der Waals surface area contributed by atoms with Crippen LogP contribution < -0.4 is 10.6 Å². The van der Waals surface area contributed by atoms with Gasteiger partial charge in [0.05, 0.1) is 10.6 Å². The zero-order valence-corrected chi connectivity index (χ0v) is 14.5. The Morgan fingerprint density at radius 2 is 2.00 bits per heavy atom. The van der Waals surface area contributed by atoms with Gasteiger partial charge in [-0.25, -0.2) is 0 Å². The molecule has 0 bridgehead atoms. The number of rotatable bonds is 8. The second-order valence-corrected chi connectivity index (χ2v) is 6.04. The molecule has 1 unspecified atom stereocenters. The average molecular weight is 347 g/mol. The number of hydrogen-bond donors (Lipinski definition) is 3. The summed E-state index contributed by atoms with van der Waals surface area (Å²) in [5.74, 6) is -0.225. The molecular weight excluding hydrogens is 324 g/mol. The van der Waals surface area contributed by atoms with Crippen LogP contribution in [0.2, 0.25) is 5.02 Å². The molecule has 128 valence electrons. The van der Waals surface area contributed by atoms with Gasteiger partial charge in [0.1, 0.15) is 0 Å². The predicted molar refractivity (Wildman–Crippen MR) is 98.5 cm³/mol. The molecule has 5 heteroatoms. The molecule has 1 atom stereocenters. The smallest absolute Gasteiger partial charge is 0.257 e. The molecule has 0 saturated carbocycles. The third-order valence-corrected chi connectivity index (χ3v) is 4.20. The molecule has 0 fully saturated rings. The van der Waals surface area contributed by atoms with Crippen molar-refractivity contribution >= 4 is 23.2 Å². The molecule has 1 amide bonds. The lowest BCUT2D eigenvalue weighted by atomic mass is 10.1. The molecule has 0 radical (unpaired) electrons. The van der Waals surface area contributed by atoms with E-state index >= 15 is 0 Å². The van der Waals surface area contributed by atoms with E-state index < -0.39 is 0 Å². The van der Waals surface area contributed by atoms with Gasteiger partial charge in [-0.3, -0.25) is 4.79 Å². The molecule has 0 saturated heterocycles. The normalized spacial score (nSPS) is 12.0. The Kier molecular flexibility index (Phi) is 7.25.